The summed E-state index contributed by atoms with van der Waals surface area (Å²) in [5.41, 5.74) is 0.769. The Bertz CT molecular complexity index is 758. The lowest BCUT2D eigenvalue weighted by atomic mass is 10.1. The van der Waals surface area contributed by atoms with Crippen LogP contribution in [0.4, 0.5) is 14.6 Å². The Kier molecular flexibility index (Phi) is 4.36. The molecule has 0 unspecified atom stereocenters. The maximum Gasteiger partial charge on any atom is 0.356 e. The third-order valence-electron chi connectivity index (χ3n) is 3.88. The van der Waals surface area contributed by atoms with Crippen LogP contribution in [0.2, 0.25) is 5.02 Å². The summed E-state index contributed by atoms with van der Waals surface area (Å²) in [5.74, 6) is -3.47. The Hall–Kier alpha value is -2.28. The Morgan fingerprint density at radius 2 is 1.83 bits per heavy atom. The normalized spacial score (nSPS) is 16.9. The fraction of sp³-hybridized carbons (Fsp3) is 0.312. The molecule has 0 bridgehead atoms. The molecule has 126 valence electrons. The molecular weight excluding hydrogens is 340 g/mol. The molecule has 0 radical (unpaired) electrons. The van der Waals surface area contributed by atoms with E-state index in [2.05, 4.69) is 9.97 Å². The Morgan fingerprint density at radius 3 is 2.42 bits per heavy atom. The van der Waals surface area contributed by atoms with Gasteiger partial charge in [0.2, 0.25) is 0 Å². The van der Waals surface area contributed by atoms with Crippen molar-refractivity contribution in [2.24, 2.45) is 0 Å². The van der Waals surface area contributed by atoms with Crippen molar-refractivity contribution >= 4 is 23.4 Å². The zero-order chi connectivity index (χ0) is 17.3. The highest BCUT2D eigenvalue weighted by Crippen LogP contribution is 2.34. The number of aromatic nitrogens is 2. The van der Waals surface area contributed by atoms with Gasteiger partial charge < -0.3 is 10.0 Å². The quantitative estimate of drug-likeness (QED) is 0.910. The predicted molar refractivity (Wildman–Crippen MR) is 85.8 cm³/mol. The Labute approximate surface area is 141 Å². The summed E-state index contributed by atoms with van der Waals surface area (Å²) in [7, 11) is 0. The summed E-state index contributed by atoms with van der Waals surface area (Å²) < 4.78 is 26.8. The fourth-order valence-corrected chi connectivity index (χ4v) is 2.69. The van der Waals surface area contributed by atoms with E-state index in [1.165, 1.54) is 0 Å². The number of carboxylic acids is 1. The lowest BCUT2D eigenvalue weighted by Crippen LogP contribution is -2.40. The van der Waals surface area contributed by atoms with Crippen LogP contribution in [0.25, 0.3) is 11.3 Å². The van der Waals surface area contributed by atoms with Crippen molar-refractivity contribution in [2.45, 2.75) is 18.8 Å². The van der Waals surface area contributed by atoms with Crippen LogP contribution in [0.5, 0.6) is 0 Å². The Balaban J connectivity index is 2.02. The molecule has 2 aromatic rings. The minimum atomic E-state index is -2.68. The van der Waals surface area contributed by atoms with Crippen LogP contribution in [0.3, 0.4) is 0 Å². The van der Waals surface area contributed by atoms with E-state index in [1.807, 2.05) is 0 Å². The molecule has 1 aliphatic heterocycles. The van der Waals surface area contributed by atoms with Crippen LogP contribution >= 0.6 is 11.6 Å². The molecular formula is C16H14ClF2N3O2. The van der Waals surface area contributed by atoms with Gasteiger partial charge in [0.25, 0.3) is 5.92 Å². The first-order valence-corrected chi connectivity index (χ1v) is 7.72. The molecule has 1 aromatic carbocycles. The van der Waals surface area contributed by atoms with Gasteiger partial charge in [-0.25, -0.2) is 23.5 Å². The van der Waals surface area contributed by atoms with Gasteiger partial charge in [-0.15, -0.1) is 0 Å². The summed E-state index contributed by atoms with van der Waals surface area (Å²) in [6.07, 6.45) is 0.606. The van der Waals surface area contributed by atoms with E-state index in [0.29, 0.717) is 22.1 Å². The zero-order valence-corrected chi connectivity index (χ0v) is 13.3. The summed E-state index contributed by atoms with van der Waals surface area (Å²) in [5, 5.41) is 9.66. The molecule has 1 fully saturated rings. The van der Waals surface area contributed by atoms with E-state index in [1.54, 1.807) is 29.2 Å². The number of hydrogen-bond donors (Lipinski definition) is 1. The minimum absolute atomic E-state index is 0.134. The van der Waals surface area contributed by atoms with Gasteiger partial charge in [0.15, 0.2) is 11.5 Å². The second-order valence-electron chi connectivity index (χ2n) is 5.58. The average Bonchev–Trinajstić information content (AvgIpc) is 2.55. The van der Waals surface area contributed by atoms with Crippen molar-refractivity contribution in [1.29, 1.82) is 0 Å². The maximum atomic E-state index is 13.4. The summed E-state index contributed by atoms with van der Waals surface area (Å²) >= 11 is 5.88. The van der Waals surface area contributed by atoms with Gasteiger partial charge in [-0.2, -0.15) is 0 Å². The largest absolute Gasteiger partial charge is 0.476 e. The molecule has 24 heavy (non-hydrogen) atoms. The van der Waals surface area contributed by atoms with Crippen molar-refractivity contribution in [1.82, 2.24) is 9.97 Å². The third-order valence-corrected chi connectivity index (χ3v) is 4.14. The molecule has 1 aliphatic rings. The number of rotatable bonds is 3. The van der Waals surface area contributed by atoms with Crippen LogP contribution in [-0.2, 0) is 0 Å². The lowest BCUT2D eigenvalue weighted by Gasteiger charge is -2.33. The van der Waals surface area contributed by atoms with E-state index in [0.717, 1.165) is 6.20 Å². The van der Waals surface area contributed by atoms with E-state index in [9.17, 15) is 13.6 Å². The highest BCUT2D eigenvalue weighted by molar-refractivity contribution is 6.30. The van der Waals surface area contributed by atoms with Crippen LogP contribution in [0.1, 0.15) is 23.3 Å². The molecule has 0 amide bonds. The number of hydrogen-bond acceptors (Lipinski definition) is 4. The Morgan fingerprint density at radius 1 is 1.21 bits per heavy atom. The van der Waals surface area contributed by atoms with Gasteiger partial charge in [0, 0.05) is 36.5 Å². The van der Waals surface area contributed by atoms with Crippen molar-refractivity contribution in [2.75, 3.05) is 18.0 Å². The van der Waals surface area contributed by atoms with Gasteiger partial charge >= 0.3 is 5.97 Å². The van der Waals surface area contributed by atoms with Crippen molar-refractivity contribution < 1.29 is 18.7 Å². The monoisotopic (exact) mass is 353 g/mol. The molecule has 2 heterocycles. The van der Waals surface area contributed by atoms with Crippen LogP contribution < -0.4 is 4.90 Å². The maximum absolute atomic E-state index is 13.4. The number of piperidine rings is 1. The number of benzene rings is 1. The highest BCUT2D eigenvalue weighted by Gasteiger charge is 2.35. The van der Waals surface area contributed by atoms with Gasteiger partial charge in [-0.3, -0.25) is 0 Å². The van der Waals surface area contributed by atoms with Gasteiger partial charge in [0.1, 0.15) is 5.69 Å². The second kappa shape index (κ2) is 6.32. The first-order chi connectivity index (χ1) is 11.4. The van der Waals surface area contributed by atoms with Crippen molar-refractivity contribution in [3.05, 3.63) is 41.2 Å². The molecule has 1 saturated heterocycles. The van der Waals surface area contributed by atoms with E-state index in [-0.39, 0.29) is 31.6 Å². The predicted octanol–water partition coefficient (Wildman–Crippen LogP) is 3.73. The SMILES string of the molecule is O=C(O)c1cnc(N2CCC(F)(F)CC2)c(-c2ccc(Cl)cc2)n1. The van der Waals surface area contributed by atoms with Crippen LogP contribution in [-0.4, -0.2) is 40.1 Å². The molecule has 3 rings (SSSR count). The van der Waals surface area contributed by atoms with Crippen molar-refractivity contribution in [3.8, 4) is 11.3 Å². The van der Waals surface area contributed by atoms with Gasteiger partial charge in [-0.1, -0.05) is 23.7 Å². The number of nitrogens with zero attached hydrogens (tertiary/aromatic N) is 3. The third kappa shape index (κ3) is 3.46. The van der Waals surface area contributed by atoms with Crippen LogP contribution in [0.15, 0.2) is 30.5 Å². The molecule has 5 nitrogen and oxygen atoms in total. The first-order valence-electron chi connectivity index (χ1n) is 7.35. The smallest absolute Gasteiger partial charge is 0.356 e. The molecule has 1 N–H and O–H groups in total. The molecule has 0 spiro atoms. The number of aromatic carboxylic acids is 1. The number of anilines is 1. The standard InChI is InChI=1S/C16H14ClF2N3O2/c17-11-3-1-10(2-4-11)13-14(20-9-12(21-13)15(23)24)22-7-5-16(18,19)6-8-22/h1-4,9H,5-8H2,(H,23,24). The second-order valence-corrected chi connectivity index (χ2v) is 6.02. The van der Waals surface area contributed by atoms with Crippen molar-refractivity contribution in [3.63, 3.8) is 0 Å². The van der Waals surface area contributed by atoms with E-state index < -0.39 is 11.9 Å². The first kappa shape index (κ1) is 16.6. The van der Waals surface area contributed by atoms with Gasteiger partial charge in [0.05, 0.1) is 6.20 Å². The number of carboxylic acid groups (broad SMARTS) is 1. The minimum Gasteiger partial charge on any atom is -0.476 e. The van der Waals surface area contributed by atoms with E-state index in [4.69, 9.17) is 16.7 Å². The summed E-state index contributed by atoms with van der Waals surface area (Å²) in [4.78, 5) is 21.2. The molecule has 0 aliphatic carbocycles. The average molecular weight is 354 g/mol. The number of alkyl halides is 2. The molecule has 8 heteroatoms. The topological polar surface area (TPSA) is 66.3 Å². The number of halogens is 3. The molecule has 1 aromatic heterocycles. The summed E-state index contributed by atoms with van der Waals surface area (Å²) in [6, 6.07) is 6.69. The van der Waals surface area contributed by atoms with Gasteiger partial charge in [-0.05, 0) is 12.1 Å². The fourth-order valence-electron chi connectivity index (χ4n) is 2.56. The molecule has 0 atom stereocenters. The highest BCUT2D eigenvalue weighted by atomic mass is 35.5. The zero-order valence-electron chi connectivity index (χ0n) is 12.5. The summed E-state index contributed by atoms with van der Waals surface area (Å²) in [6.45, 7) is 0.267. The van der Waals surface area contributed by atoms with Crippen LogP contribution in [0, 0.1) is 0 Å². The lowest BCUT2D eigenvalue weighted by molar-refractivity contribution is -0.0221. The molecule has 0 saturated carbocycles. The van der Waals surface area contributed by atoms with E-state index >= 15 is 0 Å². The number of carbonyl (C=O) groups is 1.